The number of amides is 1. The molecule has 1 saturated heterocycles. The Kier molecular flexibility index (Phi) is 3.65. The first-order chi connectivity index (χ1) is 14.0. The van der Waals surface area contributed by atoms with Crippen molar-refractivity contribution < 1.29 is 4.79 Å². The lowest BCUT2D eigenvalue weighted by atomic mass is 10.1. The topological polar surface area (TPSA) is 60.5 Å². The highest BCUT2D eigenvalue weighted by atomic mass is 32.1. The molecule has 29 heavy (non-hydrogen) atoms. The van der Waals surface area contributed by atoms with Gasteiger partial charge in [0.1, 0.15) is 10.7 Å². The van der Waals surface area contributed by atoms with Crippen molar-refractivity contribution >= 4 is 49.7 Å². The van der Waals surface area contributed by atoms with Crippen molar-refractivity contribution in [1.82, 2.24) is 15.2 Å². The molecular weight excluding hydrogens is 382 g/mol. The van der Waals surface area contributed by atoms with Gasteiger partial charge in [0.25, 0.3) is 5.91 Å². The van der Waals surface area contributed by atoms with Crippen molar-refractivity contribution in [2.45, 2.75) is 31.3 Å². The predicted molar refractivity (Wildman–Crippen MR) is 119 cm³/mol. The van der Waals surface area contributed by atoms with Crippen LogP contribution >= 0.6 is 11.3 Å². The van der Waals surface area contributed by atoms with E-state index in [0.717, 1.165) is 63.6 Å². The fraction of sp³-hybridized carbons (Fsp3) is 0.455. The molecule has 1 atom stereocenters. The smallest absolute Gasteiger partial charge is 0.263 e. The Bertz CT molecular complexity index is 1150. The number of pyridine rings is 1. The van der Waals surface area contributed by atoms with E-state index < -0.39 is 0 Å². The lowest BCUT2D eigenvalue weighted by molar-refractivity contribution is 0.0949. The van der Waals surface area contributed by atoms with Crippen LogP contribution < -0.4 is 15.5 Å². The van der Waals surface area contributed by atoms with Crippen LogP contribution in [0.5, 0.6) is 0 Å². The van der Waals surface area contributed by atoms with E-state index in [1.165, 1.54) is 12.8 Å². The van der Waals surface area contributed by atoms with Crippen molar-refractivity contribution in [3.63, 3.8) is 0 Å². The number of nitrogens with zero attached hydrogens (tertiary/aromatic N) is 3. The van der Waals surface area contributed by atoms with Crippen LogP contribution in [0.15, 0.2) is 24.3 Å². The maximum absolute atomic E-state index is 12.6. The number of hydrogen-bond donors (Lipinski definition) is 2. The molecule has 1 aliphatic carbocycles. The summed E-state index contributed by atoms with van der Waals surface area (Å²) in [6, 6.07) is 8.67. The van der Waals surface area contributed by atoms with E-state index in [1.54, 1.807) is 11.3 Å². The molecule has 3 aromatic rings. The molecule has 0 bridgehead atoms. The van der Waals surface area contributed by atoms with Gasteiger partial charge in [-0.3, -0.25) is 9.69 Å². The van der Waals surface area contributed by atoms with Gasteiger partial charge in [0.05, 0.1) is 11.2 Å². The fourth-order valence-corrected chi connectivity index (χ4v) is 5.93. The minimum absolute atomic E-state index is 0.0172. The molecule has 2 N–H and O–H groups in total. The third kappa shape index (κ3) is 2.64. The Morgan fingerprint density at radius 2 is 2.07 bits per heavy atom. The van der Waals surface area contributed by atoms with E-state index >= 15 is 0 Å². The third-order valence-electron chi connectivity index (χ3n) is 6.83. The summed E-state index contributed by atoms with van der Waals surface area (Å²) in [5.74, 6) is 1.08. The number of hydrogen-bond acceptors (Lipinski definition) is 6. The second-order valence-corrected chi connectivity index (χ2v) is 9.86. The van der Waals surface area contributed by atoms with Crippen LogP contribution in [0.2, 0.25) is 0 Å². The summed E-state index contributed by atoms with van der Waals surface area (Å²) in [4.78, 5) is 23.4. The lowest BCUT2D eigenvalue weighted by Gasteiger charge is -2.40. The fourth-order valence-electron chi connectivity index (χ4n) is 4.83. The number of piperazine rings is 1. The molecule has 3 aliphatic rings. The number of rotatable bonds is 1. The molecule has 1 spiro atoms. The third-order valence-corrected chi connectivity index (χ3v) is 7.98. The van der Waals surface area contributed by atoms with E-state index in [-0.39, 0.29) is 11.9 Å². The van der Waals surface area contributed by atoms with Crippen molar-refractivity contribution in [2.24, 2.45) is 0 Å². The summed E-state index contributed by atoms with van der Waals surface area (Å²) in [7, 11) is 2.25. The van der Waals surface area contributed by atoms with Crippen LogP contribution in [0.4, 0.5) is 11.5 Å². The van der Waals surface area contributed by atoms with E-state index in [9.17, 15) is 4.79 Å². The van der Waals surface area contributed by atoms with E-state index in [4.69, 9.17) is 4.98 Å². The number of fused-ring (bicyclic) bond motifs is 5. The van der Waals surface area contributed by atoms with Crippen molar-refractivity contribution in [1.29, 1.82) is 0 Å². The maximum Gasteiger partial charge on any atom is 0.263 e. The summed E-state index contributed by atoms with van der Waals surface area (Å²) in [5.41, 5.74) is 2.33. The van der Waals surface area contributed by atoms with Gasteiger partial charge >= 0.3 is 0 Å². The first-order valence-electron chi connectivity index (χ1n) is 10.4. The zero-order chi connectivity index (χ0) is 19.8. The average molecular weight is 408 g/mol. The zero-order valence-electron chi connectivity index (χ0n) is 16.8. The number of likely N-dealkylation sites (N-methyl/N-ethyl adjacent to an activating group) is 1. The highest BCUT2D eigenvalue weighted by Gasteiger charge is 2.49. The molecule has 0 radical (unpaired) electrons. The minimum atomic E-state index is 0.0172. The molecule has 6 nitrogen and oxygen atoms in total. The molecule has 2 fully saturated rings. The van der Waals surface area contributed by atoms with Gasteiger partial charge in [-0.2, -0.15) is 0 Å². The normalized spacial score (nSPS) is 23.7. The van der Waals surface area contributed by atoms with Crippen LogP contribution in [-0.4, -0.2) is 60.6 Å². The second kappa shape index (κ2) is 6.06. The van der Waals surface area contributed by atoms with Gasteiger partial charge in [-0.1, -0.05) is 0 Å². The highest BCUT2D eigenvalue weighted by molar-refractivity contribution is 7.21. The molecule has 1 aromatic carbocycles. The van der Waals surface area contributed by atoms with Gasteiger partial charge < -0.3 is 15.5 Å². The zero-order valence-corrected chi connectivity index (χ0v) is 17.6. The van der Waals surface area contributed by atoms with Crippen LogP contribution in [0, 0.1) is 0 Å². The van der Waals surface area contributed by atoms with E-state index in [1.807, 2.05) is 6.92 Å². The first-order valence-corrected chi connectivity index (χ1v) is 11.2. The largest absolute Gasteiger partial charge is 0.381 e. The van der Waals surface area contributed by atoms with Crippen LogP contribution in [-0.2, 0) is 0 Å². The number of nitrogens with one attached hydrogen (secondary N) is 2. The Labute approximate surface area is 173 Å². The van der Waals surface area contributed by atoms with Gasteiger partial charge in [-0.15, -0.1) is 11.3 Å². The Morgan fingerprint density at radius 1 is 1.21 bits per heavy atom. The molecule has 7 heteroatoms. The first kappa shape index (κ1) is 17.5. The van der Waals surface area contributed by atoms with Crippen LogP contribution in [0.3, 0.4) is 0 Å². The summed E-state index contributed by atoms with van der Waals surface area (Å²) >= 11 is 1.56. The lowest BCUT2D eigenvalue weighted by Crippen LogP contribution is -2.53. The molecule has 1 amide bonds. The number of thiophene rings is 1. The molecule has 4 heterocycles. The number of carbonyl (C=O) groups excluding carboxylic acids is 1. The van der Waals surface area contributed by atoms with E-state index in [0.29, 0.717) is 5.54 Å². The van der Waals surface area contributed by atoms with Crippen molar-refractivity contribution in [2.75, 3.05) is 43.4 Å². The molecular formula is C22H25N5OS. The quantitative estimate of drug-likeness (QED) is 0.648. The van der Waals surface area contributed by atoms with Gasteiger partial charge in [0.2, 0.25) is 0 Å². The minimum Gasteiger partial charge on any atom is -0.381 e. The summed E-state index contributed by atoms with van der Waals surface area (Å²) in [6.45, 7) is 5.94. The summed E-state index contributed by atoms with van der Waals surface area (Å²) in [5, 5.41) is 8.81. The monoisotopic (exact) mass is 407 g/mol. The molecule has 2 aromatic heterocycles. The van der Waals surface area contributed by atoms with Crippen molar-refractivity contribution in [3.8, 4) is 0 Å². The van der Waals surface area contributed by atoms with Gasteiger partial charge in [0, 0.05) is 53.2 Å². The Morgan fingerprint density at radius 3 is 2.90 bits per heavy atom. The van der Waals surface area contributed by atoms with Gasteiger partial charge in [-0.05, 0) is 51.1 Å². The number of benzene rings is 1. The number of anilines is 2. The van der Waals surface area contributed by atoms with E-state index in [2.05, 4.69) is 51.7 Å². The predicted octanol–water partition coefficient (Wildman–Crippen LogP) is 3.28. The average Bonchev–Trinajstić information content (AvgIpc) is 3.41. The maximum atomic E-state index is 12.6. The molecule has 1 saturated carbocycles. The molecule has 2 aliphatic heterocycles. The van der Waals surface area contributed by atoms with Crippen LogP contribution in [0.1, 0.15) is 29.4 Å². The molecule has 150 valence electrons. The Hall–Kier alpha value is -2.38. The van der Waals surface area contributed by atoms with Crippen molar-refractivity contribution in [3.05, 3.63) is 29.1 Å². The highest BCUT2D eigenvalue weighted by Crippen LogP contribution is 2.45. The van der Waals surface area contributed by atoms with Gasteiger partial charge in [-0.25, -0.2) is 4.98 Å². The van der Waals surface area contributed by atoms with Crippen LogP contribution in [0.25, 0.3) is 21.0 Å². The molecule has 6 rings (SSSR count). The SMILES string of the molecule is C[C@@H]1CNc2c(sc3ccc4nc(N5CCN(C)C6(CC6)C5)ccc4c23)C(=O)N1. The molecule has 0 unspecified atom stereocenters. The summed E-state index contributed by atoms with van der Waals surface area (Å²) < 4.78 is 1.13. The number of aromatic nitrogens is 1. The number of carbonyl (C=O) groups is 1. The van der Waals surface area contributed by atoms with Gasteiger partial charge in [0.15, 0.2) is 0 Å². The Balaban J connectivity index is 1.44. The second-order valence-electron chi connectivity index (χ2n) is 8.80. The standard InChI is InChI=1S/C22H25N5OS/c1-13-11-23-19-18-14-3-6-17(27-10-9-26(2)22(12-27)7-8-22)25-15(14)4-5-16(18)29-20(19)21(28)24-13/h3-6,13,23H,7-12H2,1-2H3,(H,24,28)/t13-/m1/s1. The summed E-state index contributed by atoms with van der Waals surface area (Å²) in [6.07, 6.45) is 2.59.